The van der Waals surface area contributed by atoms with Crippen LogP contribution in [0.2, 0.25) is 0 Å². The molecule has 0 saturated heterocycles. The van der Waals surface area contributed by atoms with Crippen molar-refractivity contribution in [1.29, 1.82) is 0 Å². The van der Waals surface area contributed by atoms with Crippen molar-refractivity contribution in [2.75, 3.05) is 0 Å². The van der Waals surface area contributed by atoms with Crippen molar-refractivity contribution in [3.05, 3.63) is 59.7 Å². The fourth-order valence-electron chi connectivity index (χ4n) is 2.07. The van der Waals surface area contributed by atoms with E-state index in [1.54, 1.807) is 0 Å². The minimum Gasteiger partial charge on any atom is -0.122 e. The monoisotopic (exact) mass is 258 g/mol. The van der Waals surface area contributed by atoms with Crippen molar-refractivity contribution in [3.63, 3.8) is 0 Å². The Bertz CT molecular complexity index is 518. The lowest BCUT2D eigenvalue weighted by Gasteiger charge is -2.19. The highest BCUT2D eigenvalue weighted by Gasteiger charge is 2.13. The minimum atomic E-state index is 0.199. The summed E-state index contributed by atoms with van der Waals surface area (Å²) in [7, 11) is 0. The molecule has 94 valence electrons. The van der Waals surface area contributed by atoms with Gasteiger partial charge < -0.3 is 0 Å². The predicted octanol–water partition coefficient (Wildman–Crippen LogP) is 5.39. The highest BCUT2D eigenvalue weighted by molar-refractivity contribution is 6.17. The normalized spacial score (nSPS) is 11.6. The number of halogens is 1. The lowest BCUT2D eigenvalue weighted by molar-refractivity contribution is 0.590. The second-order valence-electron chi connectivity index (χ2n) is 5.62. The first-order chi connectivity index (χ1) is 8.52. The fourth-order valence-corrected chi connectivity index (χ4v) is 2.30. The number of alkyl halides is 1. The van der Waals surface area contributed by atoms with Crippen LogP contribution < -0.4 is 0 Å². The summed E-state index contributed by atoms with van der Waals surface area (Å²) >= 11 is 5.99. The Morgan fingerprint density at radius 2 is 1.50 bits per heavy atom. The second-order valence-corrected chi connectivity index (χ2v) is 5.89. The summed E-state index contributed by atoms with van der Waals surface area (Å²) in [5, 5.41) is 0. The molecular formula is C17H19Cl. The van der Waals surface area contributed by atoms with Crippen LogP contribution in [0.1, 0.15) is 31.9 Å². The molecule has 0 aliphatic rings. The van der Waals surface area contributed by atoms with Gasteiger partial charge in [-0.05, 0) is 27.7 Å². The molecule has 0 nitrogen and oxygen atoms in total. The number of hydrogen-bond acceptors (Lipinski definition) is 0. The third-order valence-electron chi connectivity index (χ3n) is 3.22. The van der Waals surface area contributed by atoms with Gasteiger partial charge in [-0.3, -0.25) is 0 Å². The molecule has 0 radical (unpaired) electrons. The zero-order valence-corrected chi connectivity index (χ0v) is 12.0. The van der Waals surface area contributed by atoms with E-state index in [4.69, 9.17) is 11.6 Å². The zero-order valence-electron chi connectivity index (χ0n) is 11.2. The third kappa shape index (κ3) is 2.76. The van der Waals surface area contributed by atoms with Crippen molar-refractivity contribution in [3.8, 4) is 11.1 Å². The van der Waals surface area contributed by atoms with E-state index in [2.05, 4.69) is 63.2 Å². The number of rotatable bonds is 2. The van der Waals surface area contributed by atoms with Crippen molar-refractivity contribution in [2.45, 2.75) is 32.1 Å². The third-order valence-corrected chi connectivity index (χ3v) is 3.51. The molecule has 0 bridgehead atoms. The molecule has 0 aliphatic carbocycles. The average Bonchev–Trinajstić information content (AvgIpc) is 2.38. The Balaban J connectivity index is 2.41. The Morgan fingerprint density at radius 1 is 0.889 bits per heavy atom. The standard InChI is InChI=1S/C17H19Cl/c1-17(2,3)15-10-8-13(9-11-15)16-7-5-4-6-14(16)12-18/h4-11H,12H2,1-3H3. The van der Waals surface area contributed by atoms with Gasteiger partial charge in [0.1, 0.15) is 0 Å². The van der Waals surface area contributed by atoms with Gasteiger partial charge in [0.2, 0.25) is 0 Å². The molecule has 0 aromatic heterocycles. The quantitative estimate of drug-likeness (QED) is 0.634. The van der Waals surface area contributed by atoms with E-state index in [9.17, 15) is 0 Å². The van der Waals surface area contributed by atoms with Gasteiger partial charge in [0, 0.05) is 5.88 Å². The molecule has 18 heavy (non-hydrogen) atoms. The molecule has 2 aromatic carbocycles. The van der Waals surface area contributed by atoms with Crippen LogP contribution in [-0.2, 0) is 11.3 Å². The molecule has 0 heterocycles. The summed E-state index contributed by atoms with van der Waals surface area (Å²) in [5.74, 6) is 0.553. The molecule has 2 rings (SSSR count). The van der Waals surface area contributed by atoms with E-state index in [-0.39, 0.29) is 5.41 Å². The Labute approximate surface area is 115 Å². The Hall–Kier alpha value is -1.27. The highest BCUT2D eigenvalue weighted by atomic mass is 35.5. The molecule has 0 spiro atoms. The van der Waals surface area contributed by atoms with Gasteiger partial charge in [0.15, 0.2) is 0 Å². The molecule has 0 saturated carbocycles. The molecule has 0 N–H and O–H groups in total. The first-order valence-electron chi connectivity index (χ1n) is 6.27. The van der Waals surface area contributed by atoms with Crippen LogP contribution in [0.3, 0.4) is 0 Å². The molecule has 0 aliphatic heterocycles. The summed E-state index contributed by atoms with van der Waals surface area (Å²) < 4.78 is 0. The minimum absolute atomic E-state index is 0.199. The van der Waals surface area contributed by atoms with Gasteiger partial charge >= 0.3 is 0 Å². The van der Waals surface area contributed by atoms with E-state index >= 15 is 0 Å². The fraction of sp³-hybridized carbons (Fsp3) is 0.294. The first-order valence-corrected chi connectivity index (χ1v) is 6.80. The van der Waals surface area contributed by atoms with Crippen LogP contribution >= 0.6 is 11.6 Å². The van der Waals surface area contributed by atoms with E-state index in [0.29, 0.717) is 5.88 Å². The smallest absolute Gasteiger partial charge is 0.0480 e. The number of hydrogen-bond donors (Lipinski definition) is 0. The lowest BCUT2D eigenvalue weighted by atomic mass is 9.86. The molecule has 2 aromatic rings. The molecule has 0 fully saturated rings. The largest absolute Gasteiger partial charge is 0.122 e. The summed E-state index contributed by atoms with van der Waals surface area (Å²) in [6.45, 7) is 6.69. The van der Waals surface area contributed by atoms with Crippen LogP contribution in [0.5, 0.6) is 0 Å². The summed E-state index contributed by atoms with van der Waals surface area (Å²) in [4.78, 5) is 0. The van der Waals surface area contributed by atoms with Gasteiger partial charge in [0.25, 0.3) is 0 Å². The van der Waals surface area contributed by atoms with Crippen molar-refractivity contribution >= 4 is 11.6 Å². The van der Waals surface area contributed by atoms with Gasteiger partial charge in [0.05, 0.1) is 0 Å². The lowest BCUT2D eigenvalue weighted by Crippen LogP contribution is -2.10. The predicted molar refractivity (Wildman–Crippen MR) is 80.1 cm³/mol. The van der Waals surface area contributed by atoms with Crippen molar-refractivity contribution in [1.82, 2.24) is 0 Å². The van der Waals surface area contributed by atoms with Crippen LogP contribution in [0.15, 0.2) is 48.5 Å². The van der Waals surface area contributed by atoms with E-state index in [1.165, 1.54) is 22.3 Å². The zero-order chi connectivity index (χ0) is 13.2. The summed E-state index contributed by atoms with van der Waals surface area (Å²) in [5.41, 5.74) is 5.20. The van der Waals surface area contributed by atoms with Gasteiger partial charge in [-0.2, -0.15) is 0 Å². The average molecular weight is 259 g/mol. The Morgan fingerprint density at radius 3 is 2.06 bits per heavy atom. The van der Waals surface area contributed by atoms with Crippen LogP contribution in [0.4, 0.5) is 0 Å². The maximum atomic E-state index is 5.99. The van der Waals surface area contributed by atoms with Gasteiger partial charge in [-0.15, -0.1) is 11.6 Å². The SMILES string of the molecule is CC(C)(C)c1ccc(-c2ccccc2CCl)cc1. The van der Waals surface area contributed by atoms with E-state index in [0.717, 1.165) is 0 Å². The van der Waals surface area contributed by atoms with E-state index < -0.39 is 0 Å². The maximum absolute atomic E-state index is 5.99. The van der Waals surface area contributed by atoms with Crippen LogP contribution in [0.25, 0.3) is 11.1 Å². The van der Waals surface area contributed by atoms with Crippen LogP contribution in [0, 0.1) is 0 Å². The topological polar surface area (TPSA) is 0 Å². The molecule has 0 amide bonds. The molecular weight excluding hydrogens is 240 g/mol. The van der Waals surface area contributed by atoms with Gasteiger partial charge in [-0.1, -0.05) is 69.3 Å². The molecule has 1 heteroatoms. The summed E-state index contributed by atoms with van der Waals surface area (Å²) in [6, 6.07) is 17.1. The maximum Gasteiger partial charge on any atom is 0.0480 e. The molecule has 0 atom stereocenters. The van der Waals surface area contributed by atoms with E-state index in [1.807, 2.05) is 6.07 Å². The van der Waals surface area contributed by atoms with Crippen molar-refractivity contribution < 1.29 is 0 Å². The molecule has 0 unspecified atom stereocenters. The van der Waals surface area contributed by atoms with Crippen LogP contribution in [-0.4, -0.2) is 0 Å². The summed E-state index contributed by atoms with van der Waals surface area (Å²) in [6.07, 6.45) is 0. The van der Waals surface area contributed by atoms with Crippen molar-refractivity contribution in [2.24, 2.45) is 0 Å². The Kier molecular flexibility index (Phi) is 3.77. The second kappa shape index (κ2) is 5.16. The first kappa shape index (κ1) is 13.2. The van der Waals surface area contributed by atoms with Gasteiger partial charge in [-0.25, -0.2) is 0 Å². The number of benzene rings is 2. The highest BCUT2D eigenvalue weighted by Crippen LogP contribution is 2.28.